The lowest BCUT2D eigenvalue weighted by Crippen LogP contribution is -2.27. The van der Waals surface area contributed by atoms with Gasteiger partial charge in [0.1, 0.15) is 0 Å². The first-order chi connectivity index (χ1) is 8.33. The first-order valence-electron chi connectivity index (χ1n) is 5.45. The number of benzene rings is 1. The Morgan fingerprint density at radius 2 is 2.12 bits per heavy atom. The van der Waals surface area contributed by atoms with Crippen LogP contribution in [0.1, 0.15) is 24.0 Å². The molecule has 88 valence electrons. The maximum Gasteiger partial charge on any atom is 0.291 e. The van der Waals surface area contributed by atoms with E-state index in [0.29, 0.717) is 6.54 Å². The number of para-hydroxylation sites is 1. The summed E-state index contributed by atoms with van der Waals surface area (Å²) in [6, 6.07) is 9.31. The third-order valence-electron chi connectivity index (χ3n) is 2.21. The van der Waals surface area contributed by atoms with Crippen molar-refractivity contribution in [1.29, 1.82) is 0 Å². The van der Waals surface area contributed by atoms with Gasteiger partial charge in [-0.2, -0.15) is 4.68 Å². The summed E-state index contributed by atoms with van der Waals surface area (Å²) >= 11 is 0. The van der Waals surface area contributed by atoms with Crippen LogP contribution >= 0.6 is 0 Å². The topological polar surface area (TPSA) is 72.7 Å². The number of carbonyl (C=O) groups excluding carboxylic acids is 1. The average molecular weight is 231 g/mol. The monoisotopic (exact) mass is 231 g/mol. The number of tetrazole rings is 1. The molecule has 0 aliphatic carbocycles. The van der Waals surface area contributed by atoms with Gasteiger partial charge >= 0.3 is 0 Å². The normalized spacial score (nSPS) is 10.2. The van der Waals surface area contributed by atoms with Crippen LogP contribution in [-0.2, 0) is 0 Å². The molecule has 0 fully saturated rings. The second kappa shape index (κ2) is 5.20. The summed E-state index contributed by atoms with van der Waals surface area (Å²) in [5.74, 6) is -0.0645. The maximum atomic E-state index is 11.8. The lowest BCUT2D eigenvalue weighted by Gasteiger charge is -2.04. The lowest BCUT2D eigenvalue weighted by atomic mass is 10.3. The Bertz CT molecular complexity index is 494. The van der Waals surface area contributed by atoms with Gasteiger partial charge in [0.15, 0.2) is 0 Å². The standard InChI is InChI=1S/C11H13N5O/c1-2-8-12-11(17)10-13-14-15-16(10)9-6-4-3-5-7-9/h3-7H,2,8H2,1H3,(H,12,17). The van der Waals surface area contributed by atoms with Crippen molar-refractivity contribution in [3.05, 3.63) is 36.2 Å². The van der Waals surface area contributed by atoms with Crippen LogP contribution in [-0.4, -0.2) is 32.7 Å². The van der Waals surface area contributed by atoms with Crippen LogP contribution in [0.5, 0.6) is 0 Å². The number of carbonyl (C=O) groups is 1. The molecule has 0 aliphatic heterocycles. The highest BCUT2D eigenvalue weighted by atomic mass is 16.2. The van der Waals surface area contributed by atoms with E-state index >= 15 is 0 Å². The molecule has 6 heteroatoms. The molecule has 0 spiro atoms. The Morgan fingerprint density at radius 1 is 1.35 bits per heavy atom. The summed E-state index contributed by atoms with van der Waals surface area (Å²) in [5.41, 5.74) is 0.763. The molecule has 0 bridgehead atoms. The van der Waals surface area contributed by atoms with Gasteiger partial charge in [0, 0.05) is 6.54 Å². The SMILES string of the molecule is CCCNC(=O)c1nnnn1-c1ccccc1. The third kappa shape index (κ3) is 2.47. The summed E-state index contributed by atoms with van der Waals surface area (Å²) in [6.45, 7) is 2.60. The number of aromatic nitrogens is 4. The zero-order valence-electron chi connectivity index (χ0n) is 9.50. The second-order valence-electron chi connectivity index (χ2n) is 3.51. The largest absolute Gasteiger partial charge is 0.349 e. The fraction of sp³-hybridized carbons (Fsp3) is 0.273. The van der Waals surface area contributed by atoms with Gasteiger partial charge in [0.25, 0.3) is 5.91 Å². The third-order valence-corrected chi connectivity index (χ3v) is 2.21. The fourth-order valence-electron chi connectivity index (χ4n) is 1.39. The average Bonchev–Trinajstić information content (AvgIpc) is 2.86. The van der Waals surface area contributed by atoms with E-state index in [9.17, 15) is 4.79 Å². The van der Waals surface area contributed by atoms with Gasteiger partial charge in [-0.25, -0.2) is 0 Å². The van der Waals surface area contributed by atoms with E-state index in [1.807, 2.05) is 37.3 Å². The number of hydrogen-bond donors (Lipinski definition) is 1. The van der Waals surface area contributed by atoms with Crippen LogP contribution in [0, 0.1) is 0 Å². The summed E-state index contributed by atoms with van der Waals surface area (Å²) in [5, 5.41) is 13.8. The van der Waals surface area contributed by atoms with E-state index in [-0.39, 0.29) is 11.7 Å². The molecule has 0 atom stereocenters. The number of hydrogen-bond acceptors (Lipinski definition) is 4. The van der Waals surface area contributed by atoms with Gasteiger partial charge in [-0.1, -0.05) is 25.1 Å². The molecule has 2 aromatic rings. The molecule has 17 heavy (non-hydrogen) atoms. The van der Waals surface area contributed by atoms with Crippen LogP contribution in [0.15, 0.2) is 30.3 Å². The first kappa shape index (κ1) is 11.3. The van der Waals surface area contributed by atoms with Crippen molar-refractivity contribution >= 4 is 5.91 Å². The van der Waals surface area contributed by atoms with E-state index in [2.05, 4.69) is 20.8 Å². The first-order valence-corrected chi connectivity index (χ1v) is 5.45. The van der Waals surface area contributed by atoms with Crippen molar-refractivity contribution in [1.82, 2.24) is 25.5 Å². The van der Waals surface area contributed by atoms with Gasteiger partial charge < -0.3 is 5.32 Å². The van der Waals surface area contributed by atoms with Crippen molar-refractivity contribution in [2.45, 2.75) is 13.3 Å². The summed E-state index contributed by atoms with van der Waals surface area (Å²) in [6.07, 6.45) is 0.874. The molecular weight excluding hydrogens is 218 g/mol. The van der Waals surface area contributed by atoms with E-state index < -0.39 is 0 Å². The predicted octanol–water partition coefficient (Wildman–Crippen LogP) is 0.802. The fourth-order valence-corrected chi connectivity index (χ4v) is 1.39. The molecular formula is C11H13N5O. The van der Waals surface area contributed by atoms with Gasteiger partial charge in [-0.15, -0.1) is 5.10 Å². The van der Waals surface area contributed by atoms with Crippen molar-refractivity contribution in [2.24, 2.45) is 0 Å². The van der Waals surface area contributed by atoms with Crippen molar-refractivity contribution in [3.8, 4) is 5.69 Å². The summed E-state index contributed by atoms with van der Waals surface area (Å²) in [7, 11) is 0. The number of nitrogens with zero attached hydrogens (tertiary/aromatic N) is 4. The van der Waals surface area contributed by atoms with E-state index in [1.165, 1.54) is 4.68 Å². The Labute approximate surface area is 98.6 Å². The molecule has 1 amide bonds. The lowest BCUT2D eigenvalue weighted by molar-refractivity contribution is 0.0940. The summed E-state index contributed by atoms with van der Waals surface area (Å²) in [4.78, 5) is 11.8. The number of rotatable bonds is 4. The number of amides is 1. The molecule has 1 N–H and O–H groups in total. The molecule has 2 rings (SSSR count). The highest BCUT2D eigenvalue weighted by Crippen LogP contribution is 2.06. The zero-order valence-corrected chi connectivity index (χ0v) is 9.50. The van der Waals surface area contributed by atoms with E-state index in [4.69, 9.17) is 0 Å². The van der Waals surface area contributed by atoms with Gasteiger partial charge in [-0.3, -0.25) is 4.79 Å². The Balaban J connectivity index is 2.26. The smallest absolute Gasteiger partial charge is 0.291 e. The van der Waals surface area contributed by atoms with Gasteiger partial charge in [0.2, 0.25) is 5.82 Å². The molecule has 1 heterocycles. The summed E-state index contributed by atoms with van der Waals surface area (Å²) < 4.78 is 1.42. The molecule has 0 aliphatic rings. The van der Waals surface area contributed by atoms with Gasteiger partial charge in [-0.05, 0) is 29.0 Å². The van der Waals surface area contributed by atoms with Crippen LogP contribution in [0.3, 0.4) is 0 Å². The van der Waals surface area contributed by atoms with Crippen LogP contribution in [0.4, 0.5) is 0 Å². The predicted molar refractivity (Wildman–Crippen MR) is 61.8 cm³/mol. The Morgan fingerprint density at radius 3 is 2.82 bits per heavy atom. The Kier molecular flexibility index (Phi) is 3.44. The van der Waals surface area contributed by atoms with E-state index in [0.717, 1.165) is 12.1 Å². The minimum atomic E-state index is -0.263. The van der Waals surface area contributed by atoms with E-state index in [1.54, 1.807) is 0 Å². The van der Waals surface area contributed by atoms with Crippen molar-refractivity contribution in [2.75, 3.05) is 6.54 Å². The molecule has 1 aromatic carbocycles. The molecule has 0 radical (unpaired) electrons. The quantitative estimate of drug-likeness (QED) is 0.844. The highest BCUT2D eigenvalue weighted by Gasteiger charge is 2.15. The Hall–Kier alpha value is -2.24. The molecule has 0 unspecified atom stereocenters. The zero-order chi connectivity index (χ0) is 12.1. The van der Waals surface area contributed by atoms with Gasteiger partial charge in [0.05, 0.1) is 5.69 Å². The minimum absolute atomic E-state index is 0.199. The minimum Gasteiger partial charge on any atom is -0.349 e. The molecule has 1 aromatic heterocycles. The highest BCUT2D eigenvalue weighted by molar-refractivity contribution is 5.90. The molecule has 6 nitrogen and oxygen atoms in total. The van der Waals surface area contributed by atoms with Crippen molar-refractivity contribution < 1.29 is 4.79 Å². The van der Waals surface area contributed by atoms with Crippen LogP contribution in [0.2, 0.25) is 0 Å². The molecule has 0 saturated heterocycles. The molecule has 0 saturated carbocycles. The van der Waals surface area contributed by atoms with Crippen LogP contribution < -0.4 is 5.32 Å². The number of nitrogens with one attached hydrogen (secondary N) is 1. The second-order valence-corrected chi connectivity index (χ2v) is 3.51. The van der Waals surface area contributed by atoms with Crippen molar-refractivity contribution in [3.63, 3.8) is 0 Å². The maximum absolute atomic E-state index is 11.8. The van der Waals surface area contributed by atoms with Crippen LogP contribution in [0.25, 0.3) is 5.69 Å².